The number of carbonyl (C=O) groups excluding carboxylic acids is 1. The zero-order valence-electron chi connectivity index (χ0n) is 11.7. The van der Waals surface area contributed by atoms with Crippen LogP contribution in [0.1, 0.15) is 45.4 Å². The van der Waals surface area contributed by atoms with Gasteiger partial charge in [0.05, 0.1) is 0 Å². The molecule has 4 aliphatic carbocycles. The molecule has 2 heteroatoms. The van der Waals surface area contributed by atoms with Crippen LogP contribution < -0.4 is 0 Å². The normalized spacial score (nSPS) is 41.6. The maximum absolute atomic E-state index is 11.9. The maximum Gasteiger partial charge on any atom is 0.245 e. The van der Waals surface area contributed by atoms with Gasteiger partial charge in [0, 0.05) is 13.6 Å². The number of rotatable bonds is 3. The average molecular weight is 247 g/mol. The summed E-state index contributed by atoms with van der Waals surface area (Å²) in [6.45, 7) is 2.90. The molecule has 0 radical (unpaired) electrons. The van der Waals surface area contributed by atoms with Gasteiger partial charge in [0.2, 0.25) is 5.91 Å². The Bertz CT molecular complexity index is 336. The lowest BCUT2D eigenvalue weighted by Crippen LogP contribution is -2.51. The van der Waals surface area contributed by atoms with E-state index in [4.69, 9.17) is 0 Å². The van der Waals surface area contributed by atoms with Crippen LogP contribution in [0.3, 0.4) is 0 Å². The highest BCUT2D eigenvalue weighted by atomic mass is 16.2. The van der Waals surface area contributed by atoms with Crippen LogP contribution in [0.25, 0.3) is 0 Å². The van der Waals surface area contributed by atoms with Crippen molar-refractivity contribution in [1.82, 2.24) is 4.90 Å². The lowest BCUT2D eigenvalue weighted by atomic mass is 9.49. The minimum Gasteiger partial charge on any atom is -0.342 e. The van der Waals surface area contributed by atoms with E-state index in [0.717, 1.165) is 24.3 Å². The van der Waals surface area contributed by atoms with Crippen LogP contribution in [0.15, 0.2) is 12.2 Å². The molecule has 0 unspecified atom stereocenters. The van der Waals surface area contributed by atoms with Crippen molar-refractivity contribution in [2.75, 3.05) is 13.6 Å². The topological polar surface area (TPSA) is 20.3 Å². The van der Waals surface area contributed by atoms with E-state index >= 15 is 0 Å². The van der Waals surface area contributed by atoms with Gasteiger partial charge in [-0.15, -0.1) is 0 Å². The van der Waals surface area contributed by atoms with Gasteiger partial charge in [-0.3, -0.25) is 4.79 Å². The summed E-state index contributed by atoms with van der Waals surface area (Å²) in [4.78, 5) is 13.9. The van der Waals surface area contributed by atoms with Gasteiger partial charge < -0.3 is 4.90 Å². The van der Waals surface area contributed by atoms with Crippen LogP contribution in [0.5, 0.6) is 0 Å². The zero-order valence-corrected chi connectivity index (χ0v) is 11.7. The number of hydrogen-bond acceptors (Lipinski definition) is 1. The first-order chi connectivity index (χ1) is 8.60. The molecular formula is C16H25NO. The average Bonchev–Trinajstić information content (AvgIpc) is 2.26. The minimum atomic E-state index is 0.174. The molecule has 0 aromatic heterocycles. The minimum absolute atomic E-state index is 0.174. The first-order valence-electron chi connectivity index (χ1n) is 7.48. The second kappa shape index (κ2) is 4.40. The van der Waals surface area contributed by atoms with Crippen molar-refractivity contribution in [1.29, 1.82) is 0 Å². The molecule has 0 spiro atoms. The van der Waals surface area contributed by atoms with Crippen LogP contribution in [-0.2, 0) is 4.79 Å². The Kier molecular flexibility index (Phi) is 2.99. The molecule has 4 bridgehead atoms. The van der Waals surface area contributed by atoms with Crippen LogP contribution in [0.4, 0.5) is 0 Å². The van der Waals surface area contributed by atoms with E-state index in [2.05, 4.69) is 0 Å². The smallest absolute Gasteiger partial charge is 0.245 e. The van der Waals surface area contributed by atoms with Gasteiger partial charge in [-0.2, -0.15) is 0 Å². The Morgan fingerprint density at radius 1 is 1.17 bits per heavy atom. The Morgan fingerprint density at radius 2 is 1.67 bits per heavy atom. The number of nitrogens with zero attached hydrogens (tertiary/aromatic N) is 1. The number of hydrogen-bond donors (Lipinski definition) is 0. The quantitative estimate of drug-likeness (QED) is 0.701. The fourth-order valence-electron chi connectivity index (χ4n) is 5.33. The van der Waals surface area contributed by atoms with Crippen molar-refractivity contribution >= 4 is 5.91 Å². The molecule has 4 rings (SSSR count). The molecule has 0 aromatic carbocycles. The molecule has 0 atom stereocenters. The van der Waals surface area contributed by atoms with Gasteiger partial charge in [0.15, 0.2) is 0 Å². The van der Waals surface area contributed by atoms with Crippen LogP contribution in [-0.4, -0.2) is 24.4 Å². The highest BCUT2D eigenvalue weighted by Crippen LogP contribution is 2.60. The summed E-state index contributed by atoms with van der Waals surface area (Å²) in [6, 6.07) is 0. The Hall–Kier alpha value is -0.790. The number of likely N-dealkylation sites (N-methyl/N-ethyl adjacent to an activating group) is 1. The van der Waals surface area contributed by atoms with Gasteiger partial charge in [-0.1, -0.05) is 6.08 Å². The second-order valence-corrected chi connectivity index (χ2v) is 7.11. The summed E-state index contributed by atoms with van der Waals surface area (Å²) in [5, 5.41) is 0. The summed E-state index contributed by atoms with van der Waals surface area (Å²) in [5.74, 6) is 3.10. The number of amides is 1. The van der Waals surface area contributed by atoms with E-state index in [9.17, 15) is 4.79 Å². The van der Waals surface area contributed by atoms with Crippen molar-refractivity contribution in [2.24, 2.45) is 23.2 Å². The van der Waals surface area contributed by atoms with Gasteiger partial charge in [-0.05, 0) is 74.7 Å². The third-order valence-electron chi connectivity index (χ3n) is 5.42. The van der Waals surface area contributed by atoms with Crippen molar-refractivity contribution in [3.05, 3.63) is 12.2 Å². The first kappa shape index (κ1) is 12.3. The zero-order chi connectivity index (χ0) is 12.8. The van der Waals surface area contributed by atoms with E-state index in [1.165, 1.54) is 38.5 Å². The lowest BCUT2D eigenvalue weighted by Gasteiger charge is -2.57. The van der Waals surface area contributed by atoms with E-state index in [-0.39, 0.29) is 5.91 Å². The van der Waals surface area contributed by atoms with E-state index < -0.39 is 0 Å². The molecule has 4 aliphatic rings. The van der Waals surface area contributed by atoms with Crippen molar-refractivity contribution in [3.8, 4) is 0 Å². The molecule has 0 N–H and O–H groups in total. The summed E-state index contributed by atoms with van der Waals surface area (Å²) >= 11 is 0. The molecule has 0 aromatic rings. The van der Waals surface area contributed by atoms with Gasteiger partial charge in [0.25, 0.3) is 0 Å². The number of carbonyl (C=O) groups is 1. The van der Waals surface area contributed by atoms with E-state index in [1.807, 2.05) is 24.9 Å². The summed E-state index contributed by atoms with van der Waals surface area (Å²) in [5.41, 5.74) is 0.473. The van der Waals surface area contributed by atoms with Gasteiger partial charge in [-0.25, -0.2) is 0 Å². The summed E-state index contributed by atoms with van der Waals surface area (Å²) in [7, 11) is 1.97. The van der Waals surface area contributed by atoms with Crippen molar-refractivity contribution in [3.63, 3.8) is 0 Å². The maximum atomic E-state index is 11.9. The van der Waals surface area contributed by atoms with Crippen LogP contribution in [0, 0.1) is 23.2 Å². The molecule has 0 heterocycles. The second-order valence-electron chi connectivity index (χ2n) is 7.11. The predicted octanol–water partition coefficient (Wildman–Crippen LogP) is 3.24. The number of allylic oxidation sites excluding steroid dienone is 1. The largest absolute Gasteiger partial charge is 0.342 e. The molecule has 1 amide bonds. The first-order valence-corrected chi connectivity index (χ1v) is 7.48. The van der Waals surface area contributed by atoms with Crippen molar-refractivity contribution < 1.29 is 4.79 Å². The Labute approximate surface area is 110 Å². The standard InChI is InChI=1S/C16H25NO/c1-3-4-15(18)17(2)11-16-8-12-5-13(9-16)7-14(6-12)10-16/h3-4,12-14H,5-11H2,1-2H3. The van der Waals surface area contributed by atoms with Crippen LogP contribution in [0.2, 0.25) is 0 Å². The van der Waals surface area contributed by atoms with Crippen molar-refractivity contribution in [2.45, 2.75) is 45.4 Å². The summed E-state index contributed by atoms with van der Waals surface area (Å²) < 4.78 is 0. The van der Waals surface area contributed by atoms with E-state index in [0.29, 0.717) is 5.41 Å². The summed E-state index contributed by atoms with van der Waals surface area (Å²) in [6.07, 6.45) is 12.1. The molecule has 100 valence electrons. The molecule has 18 heavy (non-hydrogen) atoms. The van der Waals surface area contributed by atoms with Gasteiger partial charge >= 0.3 is 0 Å². The van der Waals surface area contributed by atoms with Gasteiger partial charge in [0.1, 0.15) is 0 Å². The third kappa shape index (κ3) is 2.10. The molecule has 4 fully saturated rings. The fourth-order valence-corrected chi connectivity index (χ4v) is 5.33. The predicted molar refractivity (Wildman–Crippen MR) is 73.1 cm³/mol. The van der Waals surface area contributed by atoms with E-state index in [1.54, 1.807) is 6.08 Å². The highest BCUT2D eigenvalue weighted by molar-refractivity contribution is 5.87. The van der Waals surface area contributed by atoms with Crippen LogP contribution >= 0.6 is 0 Å². The molecule has 0 aliphatic heterocycles. The molecule has 4 saturated carbocycles. The molecule has 0 saturated heterocycles. The molecule has 2 nitrogen and oxygen atoms in total. The molecular weight excluding hydrogens is 222 g/mol. The SMILES string of the molecule is CC=CC(=O)N(C)CC12CC3CC(CC(C3)C1)C2. The third-order valence-corrected chi connectivity index (χ3v) is 5.42. The highest BCUT2D eigenvalue weighted by Gasteiger charge is 2.51. The Morgan fingerprint density at radius 3 is 2.11 bits per heavy atom. The fraction of sp³-hybridized carbons (Fsp3) is 0.812. The lowest BCUT2D eigenvalue weighted by molar-refractivity contribution is -0.130. The monoisotopic (exact) mass is 247 g/mol. The Balaban J connectivity index is 1.70.